The van der Waals surface area contributed by atoms with Crippen LogP contribution in [0.25, 0.3) is 0 Å². The summed E-state index contributed by atoms with van der Waals surface area (Å²) < 4.78 is 41.9. The molecular weight excluding hydrogens is 285 g/mol. The van der Waals surface area contributed by atoms with Crippen molar-refractivity contribution in [3.8, 4) is 0 Å². The van der Waals surface area contributed by atoms with Crippen molar-refractivity contribution in [2.24, 2.45) is 0 Å². The van der Waals surface area contributed by atoms with Gasteiger partial charge in [-0.2, -0.15) is 0 Å². The van der Waals surface area contributed by atoms with E-state index in [4.69, 9.17) is 21.8 Å². The van der Waals surface area contributed by atoms with Crippen molar-refractivity contribution in [3.63, 3.8) is 0 Å². The minimum Gasteiger partial charge on any atom is -0.376 e. The molecule has 20 heavy (non-hydrogen) atoms. The summed E-state index contributed by atoms with van der Waals surface area (Å²) in [5.74, 6) is 0. The molecule has 0 saturated carbocycles. The topological polar surface area (TPSA) is 65.0 Å². The lowest BCUT2D eigenvalue weighted by Gasteiger charge is -2.29. The predicted molar refractivity (Wildman–Crippen MR) is 74.9 cm³/mol. The molecule has 0 spiro atoms. The molecule has 0 aromatic rings. The molecule has 0 aromatic heterocycles. The zero-order chi connectivity index (χ0) is 15.7. The van der Waals surface area contributed by atoms with Crippen LogP contribution in [-0.4, -0.2) is 55.0 Å². The molecule has 5 nitrogen and oxygen atoms in total. The van der Waals surface area contributed by atoms with E-state index < -0.39 is 37.1 Å². The maximum absolute atomic E-state index is 14.2. The first-order chi connectivity index (χ1) is 8.95. The Bertz CT molecular complexity index is 373. The highest BCUT2D eigenvalue weighted by atomic mass is 31.2. The third-order valence-corrected chi connectivity index (χ3v) is 5.26. The summed E-state index contributed by atoms with van der Waals surface area (Å²) in [6.07, 6.45) is -3.84. The Labute approximate surface area is 121 Å². The highest BCUT2D eigenvalue weighted by Crippen LogP contribution is 2.57. The van der Waals surface area contributed by atoms with Crippen LogP contribution < -0.4 is 0 Å². The number of hydrogen-bond acceptors (Lipinski definition) is 4. The molecule has 0 bridgehead atoms. The Morgan fingerprint density at radius 2 is 2.00 bits per heavy atom. The molecule has 1 aliphatic heterocycles. The van der Waals surface area contributed by atoms with Gasteiger partial charge in [-0.15, -0.1) is 0 Å². The van der Waals surface area contributed by atoms with E-state index in [-0.39, 0.29) is 12.7 Å². The second-order valence-corrected chi connectivity index (χ2v) is 8.82. The lowest BCUT2D eigenvalue weighted by atomic mass is 9.94. The molecule has 2 radical (unpaired) electrons. The van der Waals surface area contributed by atoms with E-state index in [1.807, 2.05) is 13.8 Å². The SMILES string of the molecule is [B]C1OC(COC(C)C)[C@@H](F)[C@H]1OP(=O)(O)C(C)(C)C. The second-order valence-electron chi connectivity index (χ2n) is 6.23. The zero-order valence-corrected chi connectivity index (χ0v) is 13.5. The van der Waals surface area contributed by atoms with Crippen LogP contribution in [0.5, 0.6) is 0 Å². The first-order valence-electron chi connectivity index (χ1n) is 6.63. The normalized spacial score (nSPS) is 34.4. The molecule has 1 fully saturated rings. The molecule has 0 aromatic carbocycles. The lowest BCUT2D eigenvalue weighted by molar-refractivity contribution is -0.0322. The molecule has 1 heterocycles. The number of rotatable bonds is 5. The van der Waals surface area contributed by atoms with Crippen LogP contribution in [0.4, 0.5) is 4.39 Å². The van der Waals surface area contributed by atoms with Crippen LogP contribution >= 0.6 is 7.60 Å². The van der Waals surface area contributed by atoms with Crippen molar-refractivity contribution >= 4 is 15.4 Å². The summed E-state index contributed by atoms with van der Waals surface area (Å²) in [7, 11) is 1.64. The van der Waals surface area contributed by atoms with Crippen molar-refractivity contribution in [1.29, 1.82) is 0 Å². The Balaban J connectivity index is 2.70. The molecule has 1 N–H and O–H groups in total. The van der Waals surface area contributed by atoms with Crippen molar-refractivity contribution < 1.29 is 27.8 Å². The highest BCUT2D eigenvalue weighted by molar-refractivity contribution is 7.54. The van der Waals surface area contributed by atoms with Gasteiger partial charge in [0.25, 0.3) is 0 Å². The van der Waals surface area contributed by atoms with Gasteiger partial charge in [-0.05, 0) is 34.6 Å². The van der Waals surface area contributed by atoms with Gasteiger partial charge in [0, 0.05) is 6.00 Å². The van der Waals surface area contributed by atoms with E-state index in [0.717, 1.165) is 0 Å². The van der Waals surface area contributed by atoms with Crippen molar-refractivity contribution in [2.75, 3.05) is 6.61 Å². The van der Waals surface area contributed by atoms with Gasteiger partial charge in [-0.25, -0.2) is 4.39 Å². The van der Waals surface area contributed by atoms with Gasteiger partial charge in [-0.3, -0.25) is 9.09 Å². The van der Waals surface area contributed by atoms with Crippen molar-refractivity contribution in [2.45, 2.75) is 70.3 Å². The Kier molecular flexibility index (Phi) is 5.84. The van der Waals surface area contributed by atoms with Crippen LogP contribution in [-0.2, 0) is 18.6 Å². The average molecular weight is 308 g/mol. The van der Waals surface area contributed by atoms with Gasteiger partial charge in [0.05, 0.1) is 17.9 Å². The second kappa shape index (κ2) is 6.45. The summed E-state index contributed by atoms with van der Waals surface area (Å²) in [6.45, 7) is 8.29. The fourth-order valence-electron chi connectivity index (χ4n) is 1.61. The quantitative estimate of drug-likeness (QED) is 0.622. The summed E-state index contributed by atoms with van der Waals surface area (Å²) in [5, 5.41) is -1.01. The van der Waals surface area contributed by atoms with E-state index >= 15 is 0 Å². The van der Waals surface area contributed by atoms with Crippen LogP contribution in [0, 0.1) is 0 Å². The molecule has 1 saturated heterocycles. The number of alkyl halides is 1. The average Bonchev–Trinajstić information content (AvgIpc) is 2.52. The van der Waals surface area contributed by atoms with Gasteiger partial charge in [0.1, 0.15) is 20.1 Å². The van der Waals surface area contributed by atoms with Gasteiger partial charge in [0.15, 0.2) is 6.17 Å². The molecular formula is C12H23BFO5P. The number of hydrogen-bond donors (Lipinski definition) is 1. The summed E-state index contributed by atoms with van der Waals surface area (Å²) in [4.78, 5) is 9.88. The van der Waals surface area contributed by atoms with Gasteiger partial charge in [-0.1, -0.05) is 0 Å². The molecule has 1 aliphatic rings. The van der Waals surface area contributed by atoms with Crippen molar-refractivity contribution in [1.82, 2.24) is 0 Å². The fourth-order valence-corrected chi connectivity index (χ4v) is 2.49. The van der Waals surface area contributed by atoms with Crippen LogP contribution in [0.15, 0.2) is 0 Å². The Morgan fingerprint density at radius 3 is 2.45 bits per heavy atom. The highest BCUT2D eigenvalue weighted by Gasteiger charge is 2.49. The third-order valence-electron chi connectivity index (χ3n) is 3.03. The molecule has 3 unspecified atom stereocenters. The smallest absolute Gasteiger partial charge is 0.333 e. The Hall–Kier alpha value is 0.0649. The molecule has 5 atom stereocenters. The van der Waals surface area contributed by atoms with Gasteiger partial charge < -0.3 is 14.4 Å². The molecule has 8 heteroatoms. The number of ether oxygens (including phenoxy) is 2. The maximum atomic E-state index is 14.2. The minimum absolute atomic E-state index is 0.0254. The summed E-state index contributed by atoms with van der Waals surface area (Å²) in [6, 6.07) is -1.09. The molecule has 1 rings (SSSR count). The zero-order valence-electron chi connectivity index (χ0n) is 12.6. The summed E-state index contributed by atoms with van der Waals surface area (Å²) >= 11 is 0. The molecule has 116 valence electrons. The Morgan fingerprint density at radius 1 is 1.45 bits per heavy atom. The van der Waals surface area contributed by atoms with E-state index in [2.05, 4.69) is 0 Å². The lowest BCUT2D eigenvalue weighted by Crippen LogP contribution is -2.35. The fraction of sp³-hybridized carbons (Fsp3) is 1.00. The minimum atomic E-state index is -4.01. The van der Waals surface area contributed by atoms with E-state index in [1.165, 1.54) is 0 Å². The monoisotopic (exact) mass is 308 g/mol. The first-order valence-corrected chi connectivity index (χ1v) is 8.21. The maximum Gasteiger partial charge on any atom is 0.333 e. The van der Waals surface area contributed by atoms with Crippen molar-refractivity contribution in [3.05, 3.63) is 0 Å². The van der Waals surface area contributed by atoms with Gasteiger partial charge >= 0.3 is 7.60 Å². The third kappa shape index (κ3) is 4.28. The first kappa shape index (κ1) is 18.1. The standard InChI is InChI=1S/C12H23BFO5P/c1-7(2)17-6-8-9(14)10(11(13)18-8)19-20(15,16)12(3,4)5/h7-11H,6H2,1-5H3,(H,15,16)/t8?,9-,10-,11?/m1/s1. The van der Waals surface area contributed by atoms with E-state index in [1.54, 1.807) is 20.8 Å². The van der Waals surface area contributed by atoms with Crippen LogP contribution in [0.3, 0.4) is 0 Å². The largest absolute Gasteiger partial charge is 0.376 e. The van der Waals surface area contributed by atoms with E-state index in [0.29, 0.717) is 0 Å². The molecule has 0 amide bonds. The van der Waals surface area contributed by atoms with Crippen LogP contribution in [0.1, 0.15) is 34.6 Å². The van der Waals surface area contributed by atoms with Gasteiger partial charge in [0.2, 0.25) is 0 Å². The van der Waals surface area contributed by atoms with Crippen LogP contribution in [0.2, 0.25) is 0 Å². The molecule has 0 aliphatic carbocycles. The summed E-state index contributed by atoms with van der Waals surface area (Å²) in [5.41, 5.74) is 0. The predicted octanol–water partition coefficient (Wildman–Crippen LogP) is 2.01. The number of halogens is 1. The van der Waals surface area contributed by atoms with E-state index in [9.17, 15) is 13.8 Å².